The van der Waals surface area contributed by atoms with Crippen molar-refractivity contribution in [3.05, 3.63) is 81.6 Å². The lowest BCUT2D eigenvalue weighted by Gasteiger charge is -2.37. The Morgan fingerprint density at radius 2 is 1.76 bits per heavy atom. The SMILES string of the molecule is O=[N+]([O-])c1ccc(-c2ccc(C(=S)N3CCN(c4cccc(Cl)c4)CC3)o2)cc1. The minimum atomic E-state index is -0.421. The van der Waals surface area contributed by atoms with Crippen LogP contribution in [0.1, 0.15) is 5.76 Å². The molecule has 1 saturated heterocycles. The molecule has 1 aliphatic heterocycles. The second-order valence-corrected chi connectivity index (χ2v) is 7.55. The monoisotopic (exact) mass is 427 g/mol. The lowest BCUT2D eigenvalue weighted by atomic mass is 10.1. The summed E-state index contributed by atoms with van der Waals surface area (Å²) < 4.78 is 5.93. The fourth-order valence-electron chi connectivity index (χ4n) is 3.35. The minimum absolute atomic E-state index is 0.0497. The summed E-state index contributed by atoms with van der Waals surface area (Å²) in [7, 11) is 0. The van der Waals surface area contributed by atoms with Crippen molar-refractivity contribution in [2.75, 3.05) is 31.1 Å². The number of furan rings is 1. The molecule has 0 radical (unpaired) electrons. The molecule has 1 aromatic heterocycles. The summed E-state index contributed by atoms with van der Waals surface area (Å²) in [5, 5.41) is 11.5. The van der Waals surface area contributed by atoms with Crippen LogP contribution in [0.25, 0.3) is 11.3 Å². The fourth-order valence-corrected chi connectivity index (χ4v) is 3.83. The van der Waals surface area contributed by atoms with Crippen LogP contribution in [0, 0.1) is 10.1 Å². The maximum Gasteiger partial charge on any atom is 0.269 e. The number of non-ortho nitro benzene ring substituents is 1. The van der Waals surface area contributed by atoms with Crippen LogP contribution < -0.4 is 4.90 Å². The topological polar surface area (TPSA) is 62.8 Å². The first-order valence-electron chi connectivity index (χ1n) is 9.16. The van der Waals surface area contributed by atoms with Gasteiger partial charge in [0.15, 0.2) is 5.76 Å². The van der Waals surface area contributed by atoms with Gasteiger partial charge < -0.3 is 14.2 Å². The minimum Gasteiger partial charge on any atom is -0.454 e. The molecule has 0 N–H and O–H groups in total. The molecule has 0 aliphatic carbocycles. The summed E-state index contributed by atoms with van der Waals surface area (Å²) in [6.45, 7) is 3.27. The van der Waals surface area contributed by atoms with E-state index in [2.05, 4.69) is 15.9 Å². The van der Waals surface area contributed by atoms with E-state index in [1.165, 1.54) is 12.1 Å². The molecule has 1 aliphatic rings. The van der Waals surface area contributed by atoms with Crippen molar-refractivity contribution < 1.29 is 9.34 Å². The van der Waals surface area contributed by atoms with Crippen LogP contribution in [0.4, 0.5) is 11.4 Å². The van der Waals surface area contributed by atoms with Gasteiger partial charge in [0.2, 0.25) is 0 Å². The lowest BCUT2D eigenvalue weighted by Crippen LogP contribution is -2.48. The Balaban J connectivity index is 1.41. The van der Waals surface area contributed by atoms with Gasteiger partial charge in [-0.05, 0) is 42.5 Å². The third kappa shape index (κ3) is 4.26. The number of halogens is 1. The summed E-state index contributed by atoms with van der Waals surface area (Å²) in [5.74, 6) is 1.26. The summed E-state index contributed by atoms with van der Waals surface area (Å²) in [6.07, 6.45) is 0. The average Bonchev–Trinajstić information content (AvgIpc) is 3.24. The van der Waals surface area contributed by atoms with Crippen molar-refractivity contribution >= 4 is 40.2 Å². The van der Waals surface area contributed by atoms with Gasteiger partial charge in [0.1, 0.15) is 10.7 Å². The number of hydrogen-bond acceptors (Lipinski definition) is 5. The Bertz CT molecular complexity index is 1040. The normalized spacial score (nSPS) is 14.1. The molecule has 0 spiro atoms. The molecule has 2 heterocycles. The second-order valence-electron chi connectivity index (χ2n) is 6.73. The van der Waals surface area contributed by atoms with Gasteiger partial charge in [0.05, 0.1) is 4.92 Å². The van der Waals surface area contributed by atoms with Crippen molar-refractivity contribution in [1.82, 2.24) is 4.90 Å². The summed E-state index contributed by atoms with van der Waals surface area (Å²) >= 11 is 11.7. The molecule has 0 saturated carbocycles. The quantitative estimate of drug-likeness (QED) is 0.331. The zero-order chi connectivity index (χ0) is 20.4. The van der Waals surface area contributed by atoms with Crippen LogP contribution >= 0.6 is 23.8 Å². The van der Waals surface area contributed by atoms with Gasteiger partial charge in [-0.25, -0.2) is 0 Å². The zero-order valence-electron chi connectivity index (χ0n) is 15.5. The van der Waals surface area contributed by atoms with Gasteiger partial charge in [-0.3, -0.25) is 10.1 Å². The molecule has 0 bridgehead atoms. The molecule has 0 unspecified atom stereocenters. The Hall–Kier alpha value is -2.90. The maximum atomic E-state index is 10.8. The number of rotatable bonds is 4. The zero-order valence-corrected chi connectivity index (χ0v) is 17.0. The van der Waals surface area contributed by atoms with E-state index in [4.69, 9.17) is 28.2 Å². The van der Waals surface area contributed by atoms with Crippen LogP contribution in [-0.2, 0) is 0 Å². The molecular weight excluding hydrogens is 410 g/mol. The number of anilines is 1. The molecule has 3 aromatic rings. The molecule has 148 valence electrons. The van der Waals surface area contributed by atoms with Crippen molar-refractivity contribution in [3.63, 3.8) is 0 Å². The van der Waals surface area contributed by atoms with Gasteiger partial charge in [0, 0.05) is 54.6 Å². The lowest BCUT2D eigenvalue weighted by molar-refractivity contribution is -0.384. The largest absolute Gasteiger partial charge is 0.454 e. The van der Waals surface area contributed by atoms with Crippen molar-refractivity contribution in [2.45, 2.75) is 0 Å². The van der Waals surface area contributed by atoms with Crippen LogP contribution in [0.15, 0.2) is 65.1 Å². The third-order valence-corrected chi connectivity index (χ3v) is 5.61. The molecule has 0 atom stereocenters. The van der Waals surface area contributed by atoms with Crippen molar-refractivity contribution in [3.8, 4) is 11.3 Å². The van der Waals surface area contributed by atoms with E-state index in [0.29, 0.717) is 16.5 Å². The molecule has 2 aromatic carbocycles. The molecule has 1 fully saturated rings. The second kappa shape index (κ2) is 8.23. The van der Waals surface area contributed by atoms with Crippen molar-refractivity contribution in [2.24, 2.45) is 0 Å². The van der Waals surface area contributed by atoms with E-state index >= 15 is 0 Å². The smallest absolute Gasteiger partial charge is 0.269 e. The van der Waals surface area contributed by atoms with E-state index in [-0.39, 0.29) is 5.69 Å². The first-order chi connectivity index (χ1) is 14.0. The maximum absolute atomic E-state index is 10.8. The van der Waals surface area contributed by atoms with E-state index in [1.807, 2.05) is 30.3 Å². The van der Waals surface area contributed by atoms with Gasteiger partial charge in [-0.15, -0.1) is 0 Å². The Morgan fingerprint density at radius 3 is 2.41 bits per heavy atom. The Kier molecular flexibility index (Phi) is 5.51. The summed E-state index contributed by atoms with van der Waals surface area (Å²) in [5.41, 5.74) is 1.94. The Labute approximate surface area is 178 Å². The highest BCUT2D eigenvalue weighted by Gasteiger charge is 2.22. The predicted molar refractivity (Wildman–Crippen MR) is 118 cm³/mol. The number of nitrogens with zero attached hydrogens (tertiary/aromatic N) is 3. The van der Waals surface area contributed by atoms with E-state index < -0.39 is 4.92 Å². The highest BCUT2D eigenvalue weighted by Crippen LogP contribution is 2.26. The molecule has 8 heteroatoms. The highest BCUT2D eigenvalue weighted by molar-refractivity contribution is 7.80. The first kappa shape index (κ1) is 19.4. The van der Waals surface area contributed by atoms with Crippen LogP contribution in [0.2, 0.25) is 5.02 Å². The molecule has 4 rings (SSSR count). The molecular formula is C21H18ClN3O3S. The number of benzene rings is 2. The number of nitro groups is 1. The van der Waals surface area contributed by atoms with Crippen LogP contribution in [0.3, 0.4) is 0 Å². The molecule has 0 amide bonds. The Morgan fingerprint density at radius 1 is 1.03 bits per heavy atom. The van der Waals surface area contributed by atoms with Gasteiger partial charge in [-0.1, -0.05) is 29.9 Å². The number of nitro benzene ring substituents is 1. The average molecular weight is 428 g/mol. The predicted octanol–water partition coefficient (Wildman–Crippen LogP) is 5.01. The van der Waals surface area contributed by atoms with Gasteiger partial charge >= 0.3 is 0 Å². The molecule has 6 nitrogen and oxygen atoms in total. The number of thiocarbonyl (C=S) groups is 1. The van der Waals surface area contributed by atoms with Crippen molar-refractivity contribution in [1.29, 1.82) is 0 Å². The number of hydrogen-bond donors (Lipinski definition) is 0. The summed E-state index contributed by atoms with van der Waals surface area (Å²) in [6, 6.07) is 17.8. The number of piperazine rings is 1. The van der Waals surface area contributed by atoms with E-state index in [9.17, 15) is 10.1 Å². The van der Waals surface area contributed by atoms with E-state index in [0.717, 1.165) is 42.5 Å². The standard InChI is InChI=1S/C21H18ClN3O3S/c22-16-2-1-3-18(14-16)23-10-12-24(13-11-23)21(29)20-9-8-19(28-20)15-4-6-17(7-5-15)25(26)27/h1-9,14H,10-13H2. The fraction of sp³-hybridized carbons (Fsp3) is 0.190. The molecule has 29 heavy (non-hydrogen) atoms. The van der Waals surface area contributed by atoms with Crippen LogP contribution in [0.5, 0.6) is 0 Å². The van der Waals surface area contributed by atoms with E-state index in [1.54, 1.807) is 12.1 Å². The first-order valence-corrected chi connectivity index (χ1v) is 9.94. The third-order valence-electron chi connectivity index (χ3n) is 4.92. The van der Waals surface area contributed by atoms with Gasteiger partial charge in [0.25, 0.3) is 5.69 Å². The highest BCUT2D eigenvalue weighted by atomic mass is 35.5. The van der Waals surface area contributed by atoms with Gasteiger partial charge in [-0.2, -0.15) is 0 Å². The summed E-state index contributed by atoms with van der Waals surface area (Å²) in [4.78, 5) is 15.5. The van der Waals surface area contributed by atoms with Crippen LogP contribution in [-0.4, -0.2) is 41.0 Å².